The van der Waals surface area contributed by atoms with E-state index in [4.69, 9.17) is 4.42 Å². The maximum absolute atomic E-state index is 12.3. The molecule has 0 radical (unpaired) electrons. The Morgan fingerprint density at radius 1 is 1.36 bits per heavy atom. The summed E-state index contributed by atoms with van der Waals surface area (Å²) in [6.45, 7) is 1.71. The maximum Gasteiger partial charge on any atom is 0.270 e. The van der Waals surface area contributed by atoms with Gasteiger partial charge in [-0.1, -0.05) is 0 Å². The van der Waals surface area contributed by atoms with Gasteiger partial charge in [-0.25, -0.2) is 4.98 Å². The maximum atomic E-state index is 12.3. The second-order valence-electron chi connectivity index (χ2n) is 5.32. The zero-order valence-corrected chi connectivity index (χ0v) is 12.7. The highest BCUT2D eigenvalue weighted by atomic mass is 32.1. The molecule has 5 nitrogen and oxygen atoms in total. The predicted octanol–water partition coefficient (Wildman–Crippen LogP) is 3.63. The molecule has 22 heavy (non-hydrogen) atoms. The molecular formula is C16H15N3O2S. The molecule has 4 rings (SSSR count). The first-order valence-electron chi connectivity index (χ1n) is 7.29. The summed E-state index contributed by atoms with van der Waals surface area (Å²) in [7, 11) is 0. The van der Waals surface area contributed by atoms with Crippen molar-refractivity contribution in [3.8, 4) is 22.0 Å². The van der Waals surface area contributed by atoms with Crippen molar-refractivity contribution in [2.24, 2.45) is 0 Å². The van der Waals surface area contributed by atoms with Gasteiger partial charge >= 0.3 is 0 Å². The lowest BCUT2D eigenvalue weighted by molar-refractivity contribution is 0.0788. The Morgan fingerprint density at radius 3 is 3.00 bits per heavy atom. The number of hydrogen-bond acceptors (Lipinski definition) is 4. The third kappa shape index (κ3) is 2.35. The molecule has 4 heterocycles. The molecule has 0 saturated carbocycles. The summed E-state index contributed by atoms with van der Waals surface area (Å²) in [6.07, 6.45) is 5.67. The fraction of sp³-hybridized carbons (Fsp3) is 0.250. The zero-order chi connectivity index (χ0) is 14.9. The minimum Gasteiger partial charge on any atom is -0.462 e. The minimum absolute atomic E-state index is 0.0743. The van der Waals surface area contributed by atoms with E-state index in [1.54, 1.807) is 6.26 Å². The molecule has 112 valence electrons. The fourth-order valence-corrected chi connectivity index (χ4v) is 3.47. The SMILES string of the molecule is O=C(c1cc(-c2csc(-c3ccco3)n2)c[nH]1)N1CCCC1. The second kappa shape index (κ2) is 5.46. The normalized spacial score (nSPS) is 14.6. The number of aromatic amines is 1. The highest BCUT2D eigenvalue weighted by molar-refractivity contribution is 7.13. The van der Waals surface area contributed by atoms with Crippen molar-refractivity contribution in [1.82, 2.24) is 14.9 Å². The summed E-state index contributed by atoms with van der Waals surface area (Å²) >= 11 is 1.53. The van der Waals surface area contributed by atoms with Crippen molar-refractivity contribution < 1.29 is 9.21 Å². The Bertz CT molecular complexity index is 782. The van der Waals surface area contributed by atoms with Crippen LogP contribution in [0.5, 0.6) is 0 Å². The first-order chi connectivity index (χ1) is 10.8. The van der Waals surface area contributed by atoms with Crippen LogP contribution in [0.25, 0.3) is 22.0 Å². The lowest BCUT2D eigenvalue weighted by Gasteiger charge is -2.13. The van der Waals surface area contributed by atoms with Crippen LogP contribution in [-0.2, 0) is 0 Å². The van der Waals surface area contributed by atoms with Crippen LogP contribution in [0.15, 0.2) is 40.5 Å². The number of thiazole rings is 1. The molecule has 1 aliphatic rings. The summed E-state index contributed by atoms with van der Waals surface area (Å²) in [5.74, 6) is 0.838. The van der Waals surface area contributed by atoms with E-state index in [-0.39, 0.29) is 5.91 Å². The summed E-state index contributed by atoms with van der Waals surface area (Å²) in [4.78, 5) is 21.9. The molecule has 0 aliphatic carbocycles. The molecular weight excluding hydrogens is 298 g/mol. The Morgan fingerprint density at radius 2 is 2.23 bits per heavy atom. The van der Waals surface area contributed by atoms with E-state index >= 15 is 0 Å². The highest BCUT2D eigenvalue weighted by Crippen LogP contribution is 2.29. The summed E-state index contributed by atoms with van der Waals surface area (Å²) in [6, 6.07) is 5.61. The number of furan rings is 1. The smallest absolute Gasteiger partial charge is 0.270 e. The van der Waals surface area contributed by atoms with Crippen LogP contribution in [-0.4, -0.2) is 33.9 Å². The topological polar surface area (TPSA) is 62.1 Å². The number of amides is 1. The van der Waals surface area contributed by atoms with E-state index in [0.717, 1.165) is 48.0 Å². The van der Waals surface area contributed by atoms with Gasteiger partial charge < -0.3 is 14.3 Å². The number of nitrogens with zero attached hydrogens (tertiary/aromatic N) is 2. The van der Waals surface area contributed by atoms with Gasteiger partial charge in [0.05, 0.1) is 12.0 Å². The standard InChI is InChI=1S/C16H15N3O2S/c20-16(19-5-1-2-6-19)12-8-11(9-17-12)13-10-22-15(18-13)14-4-3-7-21-14/h3-4,7-10,17H,1-2,5-6H2. The van der Waals surface area contributed by atoms with E-state index in [1.165, 1.54) is 11.3 Å². The Balaban J connectivity index is 1.57. The number of likely N-dealkylation sites (tertiary alicyclic amines) is 1. The number of rotatable bonds is 3. The van der Waals surface area contributed by atoms with E-state index in [2.05, 4.69) is 9.97 Å². The van der Waals surface area contributed by atoms with Crippen LogP contribution in [0.1, 0.15) is 23.3 Å². The fourth-order valence-electron chi connectivity index (χ4n) is 2.68. The number of nitrogens with one attached hydrogen (secondary N) is 1. The number of aromatic nitrogens is 2. The van der Waals surface area contributed by atoms with Crippen LogP contribution in [0, 0.1) is 0 Å². The first-order valence-corrected chi connectivity index (χ1v) is 8.17. The minimum atomic E-state index is 0.0743. The van der Waals surface area contributed by atoms with Gasteiger partial charge in [-0.3, -0.25) is 4.79 Å². The Hall–Kier alpha value is -2.34. The van der Waals surface area contributed by atoms with Crippen molar-refractivity contribution in [1.29, 1.82) is 0 Å². The third-order valence-corrected chi connectivity index (χ3v) is 4.70. The predicted molar refractivity (Wildman–Crippen MR) is 84.7 cm³/mol. The average molecular weight is 313 g/mol. The molecule has 0 bridgehead atoms. The molecule has 0 unspecified atom stereocenters. The van der Waals surface area contributed by atoms with Crippen molar-refractivity contribution in [3.63, 3.8) is 0 Å². The molecule has 1 saturated heterocycles. The summed E-state index contributed by atoms with van der Waals surface area (Å²) in [5, 5.41) is 2.82. The molecule has 0 spiro atoms. The van der Waals surface area contributed by atoms with Crippen LogP contribution >= 0.6 is 11.3 Å². The van der Waals surface area contributed by atoms with Gasteiger partial charge in [0.2, 0.25) is 0 Å². The first kappa shape index (κ1) is 13.3. The number of H-pyrrole nitrogens is 1. The van der Waals surface area contributed by atoms with E-state index in [9.17, 15) is 4.79 Å². The molecule has 0 aromatic carbocycles. The van der Waals surface area contributed by atoms with Gasteiger partial charge in [0.25, 0.3) is 5.91 Å². The molecule has 3 aromatic rings. The lowest BCUT2D eigenvalue weighted by Crippen LogP contribution is -2.27. The number of carbonyl (C=O) groups excluding carboxylic acids is 1. The van der Waals surface area contributed by atoms with Crippen molar-refractivity contribution in [2.45, 2.75) is 12.8 Å². The number of carbonyl (C=O) groups is 1. The third-order valence-electron chi connectivity index (χ3n) is 3.84. The van der Waals surface area contributed by atoms with E-state index in [0.29, 0.717) is 5.69 Å². The van der Waals surface area contributed by atoms with Crippen LogP contribution in [0.3, 0.4) is 0 Å². The molecule has 1 N–H and O–H groups in total. The van der Waals surface area contributed by atoms with Gasteiger partial charge in [-0.2, -0.15) is 0 Å². The van der Waals surface area contributed by atoms with Crippen LogP contribution in [0.4, 0.5) is 0 Å². The summed E-state index contributed by atoms with van der Waals surface area (Å²) < 4.78 is 5.36. The average Bonchev–Trinajstić information content (AvgIpc) is 3.35. The van der Waals surface area contributed by atoms with Gasteiger partial charge in [0, 0.05) is 30.2 Å². The van der Waals surface area contributed by atoms with Crippen molar-refractivity contribution in [3.05, 3.63) is 41.7 Å². The van der Waals surface area contributed by atoms with Crippen molar-refractivity contribution in [2.75, 3.05) is 13.1 Å². The van der Waals surface area contributed by atoms with Crippen LogP contribution < -0.4 is 0 Å². The highest BCUT2D eigenvalue weighted by Gasteiger charge is 2.21. The van der Waals surface area contributed by atoms with E-state index < -0.39 is 0 Å². The lowest BCUT2D eigenvalue weighted by atomic mass is 10.2. The largest absolute Gasteiger partial charge is 0.462 e. The molecule has 1 amide bonds. The molecule has 1 fully saturated rings. The van der Waals surface area contributed by atoms with Gasteiger partial charge in [0.15, 0.2) is 10.8 Å². The molecule has 6 heteroatoms. The summed E-state index contributed by atoms with van der Waals surface area (Å²) in [5.41, 5.74) is 2.41. The van der Waals surface area contributed by atoms with Gasteiger partial charge in [-0.05, 0) is 31.0 Å². The van der Waals surface area contributed by atoms with Gasteiger partial charge in [-0.15, -0.1) is 11.3 Å². The van der Waals surface area contributed by atoms with Gasteiger partial charge in [0.1, 0.15) is 5.69 Å². The second-order valence-corrected chi connectivity index (χ2v) is 6.17. The molecule has 1 aliphatic heterocycles. The van der Waals surface area contributed by atoms with Crippen molar-refractivity contribution >= 4 is 17.2 Å². The quantitative estimate of drug-likeness (QED) is 0.803. The Kier molecular flexibility index (Phi) is 3.31. The monoisotopic (exact) mass is 313 g/mol. The number of hydrogen-bond donors (Lipinski definition) is 1. The molecule has 0 atom stereocenters. The Labute approximate surface area is 131 Å². The van der Waals surface area contributed by atoms with Crippen LogP contribution in [0.2, 0.25) is 0 Å². The van der Waals surface area contributed by atoms with E-state index in [1.807, 2.05) is 34.7 Å². The zero-order valence-electron chi connectivity index (χ0n) is 11.9. The molecule has 3 aromatic heterocycles.